The molecule has 1 aromatic heterocycles. The highest BCUT2D eigenvalue weighted by atomic mass is 32.1. The first-order valence-electron chi connectivity index (χ1n) is 4.64. The summed E-state index contributed by atoms with van der Waals surface area (Å²) in [6.45, 7) is 2.06. The molecule has 1 aromatic rings. The largest absolute Gasteiger partial charge is 0.385 e. The number of rotatable bonds is 1. The van der Waals surface area contributed by atoms with Crippen LogP contribution in [0.5, 0.6) is 0 Å². The third-order valence-corrected chi connectivity index (χ3v) is 3.73. The number of hydrogen-bond donors (Lipinski definition) is 2. The van der Waals surface area contributed by atoms with Crippen LogP contribution < -0.4 is 5.73 Å². The number of aryl methyl sites for hydroxylation is 1. The van der Waals surface area contributed by atoms with Crippen molar-refractivity contribution in [2.75, 3.05) is 0 Å². The molecule has 0 aromatic carbocycles. The Morgan fingerprint density at radius 1 is 1.69 bits per heavy atom. The summed E-state index contributed by atoms with van der Waals surface area (Å²) >= 11 is 1.69. The molecule has 13 heavy (non-hydrogen) atoms. The molecule has 1 saturated carbocycles. The number of hydrogen-bond acceptors (Lipinski definition) is 3. The van der Waals surface area contributed by atoms with E-state index in [1.807, 2.05) is 11.4 Å². The second-order valence-electron chi connectivity index (χ2n) is 3.92. The normalized spacial score (nSPS) is 33.9. The van der Waals surface area contributed by atoms with Crippen LogP contribution in [0.2, 0.25) is 0 Å². The van der Waals surface area contributed by atoms with Gasteiger partial charge in [-0.1, -0.05) is 0 Å². The van der Waals surface area contributed by atoms with Crippen LogP contribution in [0, 0.1) is 6.92 Å². The van der Waals surface area contributed by atoms with Crippen molar-refractivity contribution in [1.29, 1.82) is 0 Å². The standard InChI is InChI=1S/C10H15NOS/c1-7-9(3-5-13-7)10(12)4-2-8(11)6-10/h3,5,8,12H,2,4,6,11H2,1H3. The molecule has 0 spiro atoms. The van der Waals surface area contributed by atoms with Gasteiger partial charge in [-0.15, -0.1) is 11.3 Å². The van der Waals surface area contributed by atoms with Gasteiger partial charge in [0.2, 0.25) is 0 Å². The monoisotopic (exact) mass is 197 g/mol. The van der Waals surface area contributed by atoms with E-state index in [1.165, 1.54) is 4.88 Å². The van der Waals surface area contributed by atoms with Gasteiger partial charge in [0.1, 0.15) is 0 Å². The zero-order valence-electron chi connectivity index (χ0n) is 7.79. The van der Waals surface area contributed by atoms with Gasteiger partial charge in [0, 0.05) is 10.9 Å². The summed E-state index contributed by atoms with van der Waals surface area (Å²) in [5.41, 5.74) is 6.26. The van der Waals surface area contributed by atoms with Gasteiger partial charge in [0.15, 0.2) is 0 Å². The maximum atomic E-state index is 10.3. The fourth-order valence-electron chi connectivity index (χ4n) is 2.17. The molecular formula is C10H15NOS. The van der Waals surface area contributed by atoms with Crippen LogP contribution >= 0.6 is 11.3 Å². The van der Waals surface area contributed by atoms with Gasteiger partial charge < -0.3 is 10.8 Å². The average molecular weight is 197 g/mol. The van der Waals surface area contributed by atoms with Gasteiger partial charge in [0.05, 0.1) is 5.60 Å². The third-order valence-electron chi connectivity index (χ3n) is 2.89. The van der Waals surface area contributed by atoms with Crippen molar-refractivity contribution in [1.82, 2.24) is 0 Å². The molecular weight excluding hydrogens is 182 g/mol. The van der Waals surface area contributed by atoms with E-state index in [1.54, 1.807) is 11.3 Å². The van der Waals surface area contributed by atoms with Gasteiger partial charge in [-0.05, 0) is 43.2 Å². The molecule has 0 amide bonds. The first-order chi connectivity index (χ1) is 6.12. The maximum absolute atomic E-state index is 10.3. The molecule has 3 N–H and O–H groups in total. The van der Waals surface area contributed by atoms with Gasteiger partial charge >= 0.3 is 0 Å². The highest BCUT2D eigenvalue weighted by Crippen LogP contribution is 2.40. The summed E-state index contributed by atoms with van der Waals surface area (Å²) in [5, 5.41) is 12.4. The Balaban J connectivity index is 2.30. The van der Waals surface area contributed by atoms with E-state index < -0.39 is 5.60 Å². The summed E-state index contributed by atoms with van der Waals surface area (Å²) in [6.07, 6.45) is 2.46. The molecule has 2 rings (SSSR count). The SMILES string of the molecule is Cc1sccc1C1(O)CCC(N)C1. The second kappa shape index (κ2) is 3.08. The lowest BCUT2D eigenvalue weighted by atomic mass is 9.93. The summed E-state index contributed by atoms with van der Waals surface area (Å²) in [6, 6.07) is 2.20. The van der Waals surface area contributed by atoms with E-state index in [0.717, 1.165) is 18.4 Å². The van der Waals surface area contributed by atoms with Crippen molar-refractivity contribution >= 4 is 11.3 Å². The highest BCUT2D eigenvalue weighted by molar-refractivity contribution is 7.10. The van der Waals surface area contributed by atoms with Gasteiger partial charge in [-0.3, -0.25) is 0 Å². The van der Waals surface area contributed by atoms with E-state index in [4.69, 9.17) is 5.73 Å². The minimum atomic E-state index is -0.635. The number of aliphatic hydroxyl groups is 1. The molecule has 2 atom stereocenters. The molecule has 2 nitrogen and oxygen atoms in total. The van der Waals surface area contributed by atoms with Crippen LogP contribution in [-0.2, 0) is 5.60 Å². The van der Waals surface area contributed by atoms with Crippen molar-refractivity contribution in [2.24, 2.45) is 5.73 Å². The van der Waals surface area contributed by atoms with E-state index in [0.29, 0.717) is 6.42 Å². The second-order valence-corrected chi connectivity index (χ2v) is 5.05. The Bertz CT molecular complexity index is 310. The van der Waals surface area contributed by atoms with Crippen LogP contribution in [0.15, 0.2) is 11.4 Å². The lowest BCUT2D eigenvalue weighted by molar-refractivity contribution is 0.0430. The molecule has 1 heterocycles. The summed E-state index contributed by atoms with van der Waals surface area (Å²) < 4.78 is 0. The first-order valence-corrected chi connectivity index (χ1v) is 5.52. The zero-order valence-corrected chi connectivity index (χ0v) is 8.60. The van der Waals surface area contributed by atoms with E-state index in [9.17, 15) is 5.11 Å². The molecule has 1 aliphatic carbocycles. The Labute approximate surface area is 82.4 Å². The lowest BCUT2D eigenvalue weighted by Gasteiger charge is -2.22. The van der Waals surface area contributed by atoms with Gasteiger partial charge in [-0.25, -0.2) is 0 Å². The Morgan fingerprint density at radius 3 is 2.92 bits per heavy atom. The Morgan fingerprint density at radius 2 is 2.46 bits per heavy atom. The fraction of sp³-hybridized carbons (Fsp3) is 0.600. The minimum absolute atomic E-state index is 0.171. The quantitative estimate of drug-likeness (QED) is 0.720. The summed E-state index contributed by atoms with van der Waals surface area (Å²) in [7, 11) is 0. The Hall–Kier alpha value is -0.380. The predicted molar refractivity (Wildman–Crippen MR) is 54.8 cm³/mol. The van der Waals surface area contributed by atoms with Crippen molar-refractivity contribution in [3.8, 4) is 0 Å². The molecule has 3 heteroatoms. The lowest BCUT2D eigenvalue weighted by Crippen LogP contribution is -2.25. The van der Waals surface area contributed by atoms with Gasteiger partial charge in [-0.2, -0.15) is 0 Å². The van der Waals surface area contributed by atoms with Crippen LogP contribution in [0.25, 0.3) is 0 Å². The average Bonchev–Trinajstić information content (AvgIpc) is 2.59. The van der Waals surface area contributed by atoms with Crippen molar-refractivity contribution in [2.45, 2.75) is 37.8 Å². The molecule has 0 aliphatic heterocycles. The van der Waals surface area contributed by atoms with Crippen LogP contribution in [0.3, 0.4) is 0 Å². The van der Waals surface area contributed by atoms with Crippen molar-refractivity contribution in [3.63, 3.8) is 0 Å². The van der Waals surface area contributed by atoms with E-state index in [2.05, 4.69) is 6.92 Å². The third kappa shape index (κ3) is 1.52. The smallest absolute Gasteiger partial charge is 0.0922 e. The van der Waals surface area contributed by atoms with E-state index >= 15 is 0 Å². The molecule has 0 radical (unpaired) electrons. The van der Waals surface area contributed by atoms with Crippen molar-refractivity contribution < 1.29 is 5.11 Å². The molecule has 2 unspecified atom stereocenters. The van der Waals surface area contributed by atoms with Crippen LogP contribution in [0.1, 0.15) is 29.7 Å². The molecule has 72 valence electrons. The number of thiophene rings is 1. The zero-order chi connectivity index (χ0) is 9.47. The molecule has 1 aliphatic rings. The summed E-state index contributed by atoms with van der Waals surface area (Å²) in [5.74, 6) is 0. The predicted octanol–water partition coefficient (Wildman–Crippen LogP) is 1.76. The minimum Gasteiger partial charge on any atom is -0.385 e. The number of nitrogens with two attached hydrogens (primary N) is 1. The Kier molecular flexibility index (Phi) is 2.18. The molecule has 0 saturated heterocycles. The maximum Gasteiger partial charge on any atom is 0.0922 e. The highest BCUT2D eigenvalue weighted by Gasteiger charge is 2.38. The van der Waals surface area contributed by atoms with Crippen molar-refractivity contribution in [3.05, 3.63) is 21.9 Å². The van der Waals surface area contributed by atoms with E-state index in [-0.39, 0.29) is 6.04 Å². The summed E-state index contributed by atoms with van der Waals surface area (Å²) in [4.78, 5) is 1.22. The van der Waals surface area contributed by atoms with Crippen LogP contribution in [-0.4, -0.2) is 11.1 Å². The van der Waals surface area contributed by atoms with Crippen LogP contribution in [0.4, 0.5) is 0 Å². The van der Waals surface area contributed by atoms with Gasteiger partial charge in [0.25, 0.3) is 0 Å². The topological polar surface area (TPSA) is 46.2 Å². The molecule has 0 bridgehead atoms. The molecule has 1 fully saturated rings. The first kappa shape index (κ1) is 9.19. The fourth-order valence-corrected chi connectivity index (χ4v) is 2.97.